The van der Waals surface area contributed by atoms with E-state index in [0.717, 1.165) is 67.6 Å². The Morgan fingerprint density at radius 1 is 0.726 bits per heavy atom. The van der Waals surface area contributed by atoms with Gasteiger partial charge in [0.2, 0.25) is 0 Å². The van der Waals surface area contributed by atoms with Crippen LogP contribution in [0, 0.1) is 25.0 Å². The van der Waals surface area contributed by atoms with E-state index < -0.39 is 8.07 Å². The first-order chi connectivity index (χ1) is 29.3. The minimum absolute atomic E-state index is 0. The first-order valence-corrected chi connectivity index (χ1v) is 25.3. The third-order valence-electron chi connectivity index (χ3n) is 11.6. The average Bonchev–Trinajstić information content (AvgIpc) is 3.83. The summed E-state index contributed by atoms with van der Waals surface area (Å²) in [6.07, 6.45) is 3.24. The molecule has 9 aromatic rings. The van der Waals surface area contributed by atoms with Crippen LogP contribution in [0.5, 0.6) is 0 Å². The molecule has 62 heavy (non-hydrogen) atoms. The number of hydrogen-bond acceptors (Lipinski definition) is 3. The molecule has 0 fully saturated rings. The van der Waals surface area contributed by atoms with Crippen molar-refractivity contribution in [3.63, 3.8) is 0 Å². The molecule has 0 spiro atoms. The first-order valence-electron chi connectivity index (χ1n) is 21.8. The van der Waals surface area contributed by atoms with E-state index in [9.17, 15) is 0 Å². The van der Waals surface area contributed by atoms with Gasteiger partial charge in [0.05, 0.1) is 30.5 Å². The van der Waals surface area contributed by atoms with Crippen molar-refractivity contribution in [1.29, 1.82) is 0 Å². The molecule has 6 aromatic carbocycles. The quantitative estimate of drug-likeness (QED) is 0.107. The van der Waals surface area contributed by atoms with Crippen molar-refractivity contribution in [3.8, 4) is 39.5 Å². The van der Waals surface area contributed by atoms with Gasteiger partial charge in [-0.2, -0.15) is 0 Å². The van der Waals surface area contributed by atoms with E-state index >= 15 is 0 Å². The fraction of sp³-hybridized carbons (Fsp3) is 0.250. The van der Waals surface area contributed by atoms with Crippen LogP contribution >= 0.6 is 0 Å². The van der Waals surface area contributed by atoms with Crippen LogP contribution < -0.4 is 5.19 Å². The van der Waals surface area contributed by atoms with Crippen LogP contribution in [0.2, 0.25) is 19.6 Å². The van der Waals surface area contributed by atoms with Crippen LogP contribution in [0.15, 0.2) is 138 Å². The molecule has 1 radical (unpaired) electrons. The van der Waals surface area contributed by atoms with Crippen molar-refractivity contribution in [2.75, 3.05) is 0 Å². The Labute approximate surface area is 382 Å². The molecule has 0 atom stereocenters. The maximum atomic E-state index is 6.55. The molecular weight excluding hydrogens is 951 g/mol. The maximum Gasteiger partial charge on any atom is 0.120 e. The average molecular weight is 1010 g/mol. The predicted octanol–water partition coefficient (Wildman–Crippen LogP) is 14.9. The van der Waals surface area contributed by atoms with Crippen LogP contribution in [0.4, 0.5) is 0 Å². The minimum Gasteiger partial charge on any atom is -0.501 e. The molecule has 6 heteroatoms. The van der Waals surface area contributed by atoms with Gasteiger partial charge in [0.1, 0.15) is 5.58 Å². The zero-order valence-electron chi connectivity index (χ0n) is 37.7. The Bertz CT molecular complexity index is 2940. The van der Waals surface area contributed by atoms with E-state index in [0.29, 0.717) is 17.8 Å². The van der Waals surface area contributed by atoms with E-state index in [4.69, 9.17) is 9.40 Å². The SMILES string of the molecule is CC(C)Cc1cc(-c2[c-]cccc2)ncc1[Si](C)(C)C.Cc1c[c-]c(-c2nc3ccccc3n2-c2c(C(C)C)cc(-c3ccccc3)cc2C(C)C)c2oc3ccccc3c12.[Ir]. The molecule has 0 N–H and O–H groups in total. The molecule has 4 nitrogen and oxygen atoms in total. The number of benzene rings is 6. The van der Waals surface area contributed by atoms with Crippen molar-refractivity contribution < 1.29 is 24.5 Å². The van der Waals surface area contributed by atoms with Gasteiger partial charge in [-0.15, -0.1) is 53.6 Å². The molecule has 0 aliphatic heterocycles. The second-order valence-corrected chi connectivity index (χ2v) is 23.5. The Morgan fingerprint density at radius 2 is 1.39 bits per heavy atom. The fourth-order valence-corrected chi connectivity index (χ4v) is 10.2. The fourth-order valence-electron chi connectivity index (χ4n) is 8.61. The monoisotopic (exact) mass is 1010 g/mol. The van der Waals surface area contributed by atoms with Gasteiger partial charge in [-0.3, -0.25) is 4.98 Å². The predicted molar refractivity (Wildman–Crippen MR) is 261 cm³/mol. The zero-order valence-corrected chi connectivity index (χ0v) is 41.1. The number of furan rings is 1. The maximum absolute atomic E-state index is 6.55. The Hall–Kier alpha value is -5.39. The second-order valence-electron chi connectivity index (χ2n) is 18.4. The third kappa shape index (κ3) is 8.92. The molecule has 0 aliphatic carbocycles. The molecule has 0 saturated heterocycles. The van der Waals surface area contributed by atoms with Crippen LogP contribution in [-0.2, 0) is 26.5 Å². The summed E-state index contributed by atoms with van der Waals surface area (Å²) in [5.41, 5.74) is 15.7. The van der Waals surface area contributed by atoms with E-state index in [1.54, 1.807) is 0 Å². The van der Waals surface area contributed by atoms with Crippen molar-refractivity contribution in [2.24, 2.45) is 5.92 Å². The smallest absolute Gasteiger partial charge is 0.120 e. The van der Waals surface area contributed by atoms with E-state index in [1.165, 1.54) is 38.7 Å². The van der Waals surface area contributed by atoms with Crippen LogP contribution in [0.25, 0.3) is 72.4 Å². The molecule has 0 unspecified atom stereocenters. The van der Waals surface area contributed by atoms with Gasteiger partial charge in [0.15, 0.2) is 0 Å². The standard InChI is InChI=1S/C38H33N2O.C18H24NSi.Ir/c1-23(2)30-21-27(26-13-7-6-8-14-26)22-31(24(3)4)36(30)40-33-17-11-10-16-32(33)39-38(40)29-20-19-25(5)35-28-15-9-12-18-34(28)41-37(29)35;1-14(2)11-16-12-17(15-9-7-6-8-10-15)19-13-18(16)20(3,4)5;/h6-19,21-24H,1-5H3;6-9,12-14H,11H2,1-5H3;/q2*-1;. The van der Waals surface area contributed by atoms with Crippen LogP contribution in [0.3, 0.4) is 0 Å². The summed E-state index contributed by atoms with van der Waals surface area (Å²) in [6.45, 7) is 23.0. The number of aromatic nitrogens is 3. The summed E-state index contributed by atoms with van der Waals surface area (Å²) >= 11 is 0. The van der Waals surface area contributed by atoms with Gasteiger partial charge in [0, 0.05) is 37.4 Å². The van der Waals surface area contributed by atoms with Crippen molar-refractivity contribution in [3.05, 3.63) is 168 Å². The topological polar surface area (TPSA) is 43.9 Å². The number of imidazole rings is 1. The van der Waals surface area contributed by atoms with Gasteiger partial charge in [-0.25, -0.2) is 0 Å². The molecular formula is C56H57IrN3OSi-2. The van der Waals surface area contributed by atoms with Crippen molar-refractivity contribution >= 4 is 46.2 Å². The summed E-state index contributed by atoms with van der Waals surface area (Å²) in [4.78, 5) is 9.95. The summed E-state index contributed by atoms with van der Waals surface area (Å²) in [5.74, 6) is 2.12. The second kappa shape index (κ2) is 18.5. The Morgan fingerprint density at radius 3 is 2.05 bits per heavy atom. The van der Waals surface area contributed by atoms with Gasteiger partial charge >= 0.3 is 0 Å². The largest absolute Gasteiger partial charge is 0.501 e. The van der Waals surface area contributed by atoms with Gasteiger partial charge in [-0.1, -0.05) is 151 Å². The minimum atomic E-state index is -1.34. The van der Waals surface area contributed by atoms with Crippen LogP contribution in [-0.4, -0.2) is 22.6 Å². The molecule has 9 rings (SSSR count). The summed E-state index contributed by atoms with van der Waals surface area (Å²) in [5, 5.41) is 3.74. The van der Waals surface area contributed by atoms with Crippen molar-refractivity contribution in [2.45, 2.75) is 86.4 Å². The van der Waals surface area contributed by atoms with Gasteiger partial charge in [-0.05, 0) is 87.6 Å². The van der Waals surface area contributed by atoms with Gasteiger partial charge in [0.25, 0.3) is 0 Å². The molecule has 3 aromatic heterocycles. The van der Waals surface area contributed by atoms with E-state index in [2.05, 4.69) is 193 Å². The number of fused-ring (bicyclic) bond motifs is 4. The molecule has 0 saturated carbocycles. The number of aryl methyl sites for hydroxylation is 1. The van der Waals surface area contributed by atoms with Gasteiger partial charge < -0.3 is 14.0 Å². The summed E-state index contributed by atoms with van der Waals surface area (Å²) in [6, 6.07) is 51.4. The normalized spacial score (nSPS) is 11.8. The number of nitrogens with zero attached hydrogens (tertiary/aromatic N) is 3. The number of pyridine rings is 1. The third-order valence-corrected chi connectivity index (χ3v) is 13.7. The number of para-hydroxylation sites is 3. The number of rotatable bonds is 9. The molecule has 0 bridgehead atoms. The Balaban J connectivity index is 0.000000233. The molecule has 317 valence electrons. The van der Waals surface area contributed by atoms with E-state index in [1.807, 2.05) is 30.3 Å². The van der Waals surface area contributed by atoms with E-state index in [-0.39, 0.29) is 20.1 Å². The first kappa shape index (κ1) is 44.7. The van der Waals surface area contributed by atoms with Crippen LogP contribution in [0.1, 0.15) is 75.6 Å². The number of hydrogen-bond donors (Lipinski definition) is 0. The molecule has 0 aliphatic rings. The molecule has 3 heterocycles. The van der Waals surface area contributed by atoms with Crippen molar-refractivity contribution in [1.82, 2.24) is 14.5 Å². The summed E-state index contributed by atoms with van der Waals surface area (Å²) < 4.78 is 8.92. The zero-order chi connectivity index (χ0) is 43.0. The molecule has 0 amide bonds. The summed E-state index contributed by atoms with van der Waals surface area (Å²) in [7, 11) is -1.34. The Kier molecular flexibility index (Phi) is 13.3.